The zero-order chi connectivity index (χ0) is 16.5. The van der Waals surface area contributed by atoms with E-state index in [1.54, 1.807) is 6.07 Å². The number of nitrogens with zero attached hydrogens (tertiary/aromatic N) is 4. The number of fused-ring (bicyclic) bond motifs is 3. The third kappa shape index (κ3) is 2.45. The maximum atomic E-state index is 9.43. The number of phenolic OH excluding ortho intramolecular Hbond substituents is 2. The molecular weight excluding hydrogens is 308 g/mol. The van der Waals surface area contributed by atoms with Crippen molar-refractivity contribution in [1.82, 2.24) is 20.2 Å². The van der Waals surface area contributed by atoms with Crippen LogP contribution in [0.25, 0.3) is 22.1 Å². The van der Waals surface area contributed by atoms with Gasteiger partial charge in [0.25, 0.3) is 5.95 Å². The molecule has 0 aliphatic rings. The Bertz CT molecular complexity index is 1070. The lowest BCUT2D eigenvalue weighted by atomic mass is 10.2. The predicted molar refractivity (Wildman–Crippen MR) is 90.2 cm³/mol. The number of benzene rings is 2. The highest BCUT2D eigenvalue weighted by Gasteiger charge is 2.07. The topological polar surface area (TPSA) is 119 Å². The number of aromatic nitrogens is 4. The van der Waals surface area contributed by atoms with E-state index in [1.807, 2.05) is 24.3 Å². The van der Waals surface area contributed by atoms with Crippen molar-refractivity contribution >= 4 is 34.2 Å². The average Bonchev–Trinajstić information content (AvgIpc) is 2.96. The van der Waals surface area contributed by atoms with Crippen LogP contribution in [0.3, 0.4) is 0 Å². The number of rotatable bonds is 3. The number of anilines is 1. The molecule has 0 unspecified atom stereocenters. The second-order valence-corrected chi connectivity index (χ2v) is 5.12. The first-order valence-electron chi connectivity index (χ1n) is 7.13. The number of hydrazone groups is 1. The van der Waals surface area contributed by atoms with Crippen LogP contribution in [-0.2, 0) is 0 Å². The van der Waals surface area contributed by atoms with Crippen molar-refractivity contribution in [2.45, 2.75) is 0 Å². The normalized spacial score (nSPS) is 11.5. The van der Waals surface area contributed by atoms with Crippen LogP contribution in [0.5, 0.6) is 11.5 Å². The molecule has 0 saturated heterocycles. The standard InChI is InChI=1S/C16H12N6O2/c23-12-6-5-9(7-13(12)24)8-17-21-16-19-15-14(20-22-16)10-3-1-2-4-11(10)18-15/h1-8,23-24H,(H2,18,19,21,22)/b17-8+. The summed E-state index contributed by atoms with van der Waals surface area (Å²) in [5, 5.41) is 31.8. The average molecular weight is 320 g/mol. The van der Waals surface area contributed by atoms with Crippen molar-refractivity contribution in [3.05, 3.63) is 48.0 Å². The molecule has 0 amide bonds. The zero-order valence-electron chi connectivity index (χ0n) is 12.3. The molecule has 0 atom stereocenters. The number of aromatic hydroxyl groups is 2. The van der Waals surface area contributed by atoms with Crippen LogP contribution in [0.1, 0.15) is 5.56 Å². The maximum absolute atomic E-state index is 9.43. The predicted octanol–water partition coefficient (Wildman–Crippen LogP) is 2.36. The van der Waals surface area contributed by atoms with Gasteiger partial charge in [-0.3, -0.25) is 0 Å². The van der Waals surface area contributed by atoms with Gasteiger partial charge in [-0.25, -0.2) is 5.43 Å². The number of nitrogens with one attached hydrogen (secondary N) is 2. The van der Waals surface area contributed by atoms with Gasteiger partial charge in [-0.05, 0) is 29.8 Å². The Hall–Kier alpha value is -3.68. The summed E-state index contributed by atoms with van der Waals surface area (Å²) in [5.41, 5.74) is 5.55. The van der Waals surface area contributed by atoms with Gasteiger partial charge in [0.2, 0.25) is 0 Å². The van der Waals surface area contributed by atoms with E-state index in [1.165, 1.54) is 18.3 Å². The first kappa shape index (κ1) is 13.9. The smallest absolute Gasteiger partial charge is 0.265 e. The van der Waals surface area contributed by atoms with E-state index in [9.17, 15) is 10.2 Å². The van der Waals surface area contributed by atoms with Crippen LogP contribution in [-0.4, -0.2) is 36.6 Å². The lowest BCUT2D eigenvalue weighted by Crippen LogP contribution is -1.98. The molecule has 0 aliphatic heterocycles. The zero-order valence-corrected chi connectivity index (χ0v) is 12.3. The largest absolute Gasteiger partial charge is 0.504 e. The Morgan fingerprint density at radius 1 is 1.04 bits per heavy atom. The highest BCUT2D eigenvalue weighted by molar-refractivity contribution is 6.03. The summed E-state index contributed by atoms with van der Waals surface area (Å²) in [5.74, 6) is -0.151. The van der Waals surface area contributed by atoms with E-state index in [0.717, 1.165) is 10.9 Å². The highest BCUT2D eigenvalue weighted by Crippen LogP contribution is 2.24. The van der Waals surface area contributed by atoms with Crippen LogP contribution in [0.4, 0.5) is 5.95 Å². The minimum absolute atomic E-state index is 0.183. The molecule has 0 radical (unpaired) electrons. The van der Waals surface area contributed by atoms with Crippen LogP contribution in [0, 0.1) is 0 Å². The van der Waals surface area contributed by atoms with Crippen molar-refractivity contribution in [2.75, 3.05) is 5.43 Å². The Morgan fingerprint density at radius 3 is 2.79 bits per heavy atom. The van der Waals surface area contributed by atoms with E-state index >= 15 is 0 Å². The molecule has 0 saturated carbocycles. The number of para-hydroxylation sites is 1. The molecule has 0 fully saturated rings. The molecule has 4 rings (SSSR count). The molecule has 2 aromatic carbocycles. The molecule has 2 heterocycles. The Morgan fingerprint density at radius 2 is 1.92 bits per heavy atom. The highest BCUT2D eigenvalue weighted by atomic mass is 16.3. The van der Waals surface area contributed by atoms with Gasteiger partial charge in [0, 0.05) is 10.9 Å². The lowest BCUT2D eigenvalue weighted by molar-refractivity contribution is 0.403. The summed E-state index contributed by atoms with van der Waals surface area (Å²) in [6.45, 7) is 0. The van der Waals surface area contributed by atoms with E-state index < -0.39 is 0 Å². The number of aromatic amines is 1. The van der Waals surface area contributed by atoms with Crippen molar-refractivity contribution in [3.8, 4) is 11.5 Å². The molecule has 8 heteroatoms. The van der Waals surface area contributed by atoms with Crippen molar-refractivity contribution in [1.29, 1.82) is 0 Å². The first-order valence-corrected chi connectivity index (χ1v) is 7.13. The van der Waals surface area contributed by atoms with Crippen LogP contribution in [0.15, 0.2) is 47.6 Å². The summed E-state index contributed by atoms with van der Waals surface area (Å²) in [6.07, 6.45) is 1.47. The Balaban J connectivity index is 1.59. The second kappa shape index (κ2) is 5.51. The molecule has 0 spiro atoms. The van der Waals surface area contributed by atoms with Crippen molar-refractivity contribution < 1.29 is 10.2 Å². The fraction of sp³-hybridized carbons (Fsp3) is 0. The molecule has 0 aliphatic carbocycles. The number of H-pyrrole nitrogens is 1. The summed E-state index contributed by atoms with van der Waals surface area (Å²) in [6, 6.07) is 12.1. The van der Waals surface area contributed by atoms with Crippen molar-refractivity contribution in [3.63, 3.8) is 0 Å². The summed E-state index contributed by atoms with van der Waals surface area (Å²) in [7, 11) is 0. The summed E-state index contributed by atoms with van der Waals surface area (Å²) >= 11 is 0. The molecule has 4 N–H and O–H groups in total. The molecule has 118 valence electrons. The minimum Gasteiger partial charge on any atom is -0.504 e. The third-order valence-corrected chi connectivity index (χ3v) is 3.50. The Labute approximate surface area is 135 Å². The second-order valence-electron chi connectivity index (χ2n) is 5.12. The van der Waals surface area contributed by atoms with E-state index in [4.69, 9.17) is 0 Å². The molecule has 4 aromatic rings. The molecule has 0 bridgehead atoms. The van der Waals surface area contributed by atoms with Gasteiger partial charge < -0.3 is 15.2 Å². The van der Waals surface area contributed by atoms with Gasteiger partial charge in [-0.1, -0.05) is 18.2 Å². The van der Waals surface area contributed by atoms with Gasteiger partial charge >= 0.3 is 0 Å². The van der Waals surface area contributed by atoms with Gasteiger partial charge in [0.1, 0.15) is 5.52 Å². The molecule has 2 aromatic heterocycles. The third-order valence-electron chi connectivity index (χ3n) is 3.50. The summed E-state index contributed by atoms with van der Waals surface area (Å²) < 4.78 is 0. The van der Waals surface area contributed by atoms with Crippen LogP contribution < -0.4 is 5.43 Å². The lowest BCUT2D eigenvalue weighted by Gasteiger charge is -1.99. The Kier molecular flexibility index (Phi) is 3.20. The van der Waals surface area contributed by atoms with Crippen molar-refractivity contribution in [2.24, 2.45) is 5.10 Å². The molecular formula is C16H12N6O2. The number of hydrogen-bond donors (Lipinski definition) is 4. The number of phenols is 2. The fourth-order valence-corrected chi connectivity index (χ4v) is 2.35. The summed E-state index contributed by atoms with van der Waals surface area (Å²) in [4.78, 5) is 7.51. The maximum Gasteiger partial charge on any atom is 0.265 e. The SMILES string of the molecule is Oc1ccc(/C=N/Nc2nnc3c(n2)[nH]c2ccccc23)cc1O. The minimum atomic E-state index is -0.212. The van der Waals surface area contributed by atoms with Gasteiger partial charge in [-0.2, -0.15) is 10.1 Å². The van der Waals surface area contributed by atoms with Gasteiger partial charge in [0.15, 0.2) is 17.1 Å². The van der Waals surface area contributed by atoms with Gasteiger partial charge in [-0.15, -0.1) is 10.2 Å². The quantitative estimate of drug-likeness (QED) is 0.261. The van der Waals surface area contributed by atoms with E-state index in [-0.39, 0.29) is 17.4 Å². The molecule has 24 heavy (non-hydrogen) atoms. The molecule has 8 nitrogen and oxygen atoms in total. The number of hydrogen-bond acceptors (Lipinski definition) is 7. The van der Waals surface area contributed by atoms with Crippen LogP contribution in [0.2, 0.25) is 0 Å². The fourth-order valence-electron chi connectivity index (χ4n) is 2.35. The van der Waals surface area contributed by atoms with E-state index in [2.05, 4.69) is 30.7 Å². The van der Waals surface area contributed by atoms with Gasteiger partial charge in [0.05, 0.1) is 6.21 Å². The first-order chi connectivity index (χ1) is 11.7. The van der Waals surface area contributed by atoms with Crippen LogP contribution >= 0.6 is 0 Å². The monoisotopic (exact) mass is 320 g/mol. The van der Waals surface area contributed by atoms with E-state index in [0.29, 0.717) is 16.7 Å².